The zero-order chi connectivity index (χ0) is 22.1. The normalized spacial score (nSPS) is 19.3. The van der Waals surface area contributed by atoms with Crippen LogP contribution in [0.1, 0.15) is 41.9 Å². The highest BCUT2D eigenvalue weighted by Crippen LogP contribution is 2.48. The Labute approximate surface area is 202 Å². The number of guanidine groups is 1. The van der Waals surface area contributed by atoms with Crippen molar-refractivity contribution in [3.05, 3.63) is 65.2 Å². The fourth-order valence-corrected chi connectivity index (χ4v) is 4.12. The first-order valence-electron chi connectivity index (χ1n) is 10.3. The standard InChI is InChI=1S/C23H25F3N4O.HI/c1-27-21(28-13-15-11-20(31)30-19-8-3-2-7-18(15)19)29-14-22(9-10-22)16-5-4-6-17(12-16)23(24,25)26;/h2-8,12,15H,9-11,13-14H2,1H3,(H,30,31)(H2,27,28,29);1H. The number of halogens is 4. The third-order valence-corrected chi connectivity index (χ3v) is 6.10. The minimum absolute atomic E-state index is 0. The molecule has 0 aromatic heterocycles. The zero-order valence-corrected chi connectivity index (χ0v) is 20.0. The van der Waals surface area contributed by atoms with Gasteiger partial charge in [0.1, 0.15) is 0 Å². The van der Waals surface area contributed by atoms with Gasteiger partial charge in [-0.25, -0.2) is 0 Å². The average Bonchev–Trinajstić information content (AvgIpc) is 3.54. The predicted molar refractivity (Wildman–Crippen MR) is 130 cm³/mol. The average molecular weight is 558 g/mol. The van der Waals surface area contributed by atoms with Gasteiger partial charge in [-0.05, 0) is 36.1 Å². The van der Waals surface area contributed by atoms with Crippen LogP contribution in [0.5, 0.6) is 0 Å². The van der Waals surface area contributed by atoms with E-state index in [2.05, 4.69) is 20.9 Å². The molecule has 9 heteroatoms. The van der Waals surface area contributed by atoms with E-state index >= 15 is 0 Å². The van der Waals surface area contributed by atoms with Crippen LogP contribution in [0.3, 0.4) is 0 Å². The molecule has 1 unspecified atom stereocenters. The molecule has 5 nitrogen and oxygen atoms in total. The molecule has 0 spiro atoms. The highest BCUT2D eigenvalue weighted by molar-refractivity contribution is 14.0. The lowest BCUT2D eigenvalue weighted by Crippen LogP contribution is -2.43. The van der Waals surface area contributed by atoms with Crippen LogP contribution < -0.4 is 16.0 Å². The summed E-state index contributed by atoms with van der Waals surface area (Å²) < 4.78 is 39.2. The Morgan fingerprint density at radius 1 is 1.16 bits per heavy atom. The van der Waals surface area contributed by atoms with E-state index in [9.17, 15) is 18.0 Å². The van der Waals surface area contributed by atoms with Gasteiger partial charge in [0.25, 0.3) is 0 Å². The van der Waals surface area contributed by atoms with Gasteiger partial charge < -0.3 is 16.0 Å². The molecule has 1 amide bonds. The van der Waals surface area contributed by atoms with Crippen LogP contribution in [-0.2, 0) is 16.4 Å². The number of nitrogens with zero attached hydrogens (tertiary/aromatic N) is 1. The first-order chi connectivity index (χ1) is 14.8. The third kappa shape index (κ3) is 5.36. The zero-order valence-electron chi connectivity index (χ0n) is 17.6. The number of carbonyl (C=O) groups excluding carboxylic acids is 1. The lowest BCUT2D eigenvalue weighted by atomic mass is 9.90. The van der Waals surface area contributed by atoms with Crippen LogP contribution in [0.2, 0.25) is 0 Å². The van der Waals surface area contributed by atoms with Crippen LogP contribution in [0.15, 0.2) is 53.5 Å². The van der Waals surface area contributed by atoms with Crippen LogP contribution in [0, 0.1) is 0 Å². The number of alkyl halides is 3. The van der Waals surface area contributed by atoms with Gasteiger partial charge >= 0.3 is 6.18 Å². The molecule has 1 atom stereocenters. The minimum atomic E-state index is -4.35. The molecule has 1 fully saturated rings. The maximum Gasteiger partial charge on any atom is 0.416 e. The number of nitrogens with one attached hydrogen (secondary N) is 3. The lowest BCUT2D eigenvalue weighted by molar-refractivity contribution is -0.137. The molecule has 172 valence electrons. The summed E-state index contributed by atoms with van der Waals surface area (Å²) in [6, 6.07) is 13.3. The van der Waals surface area contributed by atoms with E-state index in [-0.39, 0.29) is 41.2 Å². The quantitative estimate of drug-likeness (QED) is 0.285. The number of aliphatic imine (C=N–C) groups is 1. The molecule has 1 aliphatic heterocycles. The van der Waals surface area contributed by atoms with Gasteiger partial charge in [-0.3, -0.25) is 9.79 Å². The summed E-state index contributed by atoms with van der Waals surface area (Å²) >= 11 is 0. The van der Waals surface area contributed by atoms with Gasteiger partial charge in [-0.1, -0.05) is 36.4 Å². The Bertz CT molecular complexity index is 1000. The maximum absolute atomic E-state index is 13.1. The van der Waals surface area contributed by atoms with Crippen LogP contribution in [-0.4, -0.2) is 32.0 Å². The van der Waals surface area contributed by atoms with Crippen molar-refractivity contribution in [1.82, 2.24) is 10.6 Å². The second kappa shape index (κ2) is 9.68. The number of fused-ring (bicyclic) bond motifs is 1. The monoisotopic (exact) mass is 558 g/mol. The van der Waals surface area contributed by atoms with Crippen molar-refractivity contribution in [2.24, 2.45) is 4.99 Å². The lowest BCUT2D eigenvalue weighted by Gasteiger charge is -2.27. The number of benzene rings is 2. The topological polar surface area (TPSA) is 65.5 Å². The Balaban J connectivity index is 0.00000289. The smallest absolute Gasteiger partial charge is 0.356 e. The van der Waals surface area contributed by atoms with E-state index in [0.29, 0.717) is 31.0 Å². The molecule has 1 heterocycles. The predicted octanol–water partition coefficient (Wildman–Crippen LogP) is 4.65. The fraction of sp³-hybridized carbons (Fsp3) is 0.391. The summed E-state index contributed by atoms with van der Waals surface area (Å²) in [5, 5.41) is 9.41. The van der Waals surface area contributed by atoms with Crippen molar-refractivity contribution in [3.8, 4) is 0 Å². The number of para-hydroxylation sites is 1. The van der Waals surface area contributed by atoms with Crippen molar-refractivity contribution < 1.29 is 18.0 Å². The Kier molecular flexibility index (Phi) is 7.36. The molecule has 3 N–H and O–H groups in total. The number of anilines is 1. The SMILES string of the molecule is CN=C(NCC1CC(=O)Nc2ccccc21)NCC1(c2cccc(C(F)(F)F)c2)CC1.I. The second-order valence-corrected chi connectivity index (χ2v) is 8.20. The Morgan fingerprint density at radius 2 is 1.91 bits per heavy atom. The van der Waals surface area contributed by atoms with Gasteiger partial charge in [0.05, 0.1) is 5.56 Å². The molecule has 1 aliphatic carbocycles. The summed E-state index contributed by atoms with van der Waals surface area (Å²) in [4.78, 5) is 16.2. The first-order valence-corrected chi connectivity index (χ1v) is 10.3. The van der Waals surface area contributed by atoms with Gasteiger partial charge in [0, 0.05) is 43.6 Å². The molecule has 0 radical (unpaired) electrons. The minimum Gasteiger partial charge on any atom is -0.356 e. The van der Waals surface area contributed by atoms with E-state index in [4.69, 9.17) is 0 Å². The second-order valence-electron chi connectivity index (χ2n) is 8.20. The molecule has 1 saturated carbocycles. The molecule has 4 rings (SSSR count). The fourth-order valence-electron chi connectivity index (χ4n) is 4.12. The van der Waals surface area contributed by atoms with Crippen LogP contribution in [0.4, 0.5) is 18.9 Å². The summed E-state index contributed by atoms with van der Waals surface area (Å²) in [7, 11) is 1.65. The first kappa shape index (κ1) is 24.3. The van der Waals surface area contributed by atoms with Crippen molar-refractivity contribution in [2.45, 2.75) is 36.8 Å². The summed E-state index contributed by atoms with van der Waals surface area (Å²) in [5.74, 6) is 0.568. The number of rotatable bonds is 5. The number of carbonyl (C=O) groups is 1. The molecule has 2 aromatic rings. The summed E-state index contributed by atoms with van der Waals surface area (Å²) in [5.41, 5.74) is 1.68. The van der Waals surface area contributed by atoms with Crippen molar-refractivity contribution in [1.29, 1.82) is 0 Å². The van der Waals surface area contributed by atoms with Crippen molar-refractivity contribution in [3.63, 3.8) is 0 Å². The van der Waals surface area contributed by atoms with E-state index < -0.39 is 11.7 Å². The molecular formula is C23H26F3IN4O. The van der Waals surface area contributed by atoms with Gasteiger partial charge in [0.15, 0.2) is 5.96 Å². The maximum atomic E-state index is 13.1. The van der Waals surface area contributed by atoms with Gasteiger partial charge in [0.2, 0.25) is 5.91 Å². The molecule has 2 aliphatic rings. The molecular weight excluding hydrogens is 532 g/mol. The number of amides is 1. The number of hydrogen-bond acceptors (Lipinski definition) is 2. The van der Waals surface area contributed by atoms with Crippen molar-refractivity contribution >= 4 is 41.5 Å². The van der Waals surface area contributed by atoms with E-state index in [1.165, 1.54) is 12.1 Å². The van der Waals surface area contributed by atoms with Gasteiger partial charge in [-0.15, -0.1) is 24.0 Å². The largest absolute Gasteiger partial charge is 0.416 e. The summed E-state index contributed by atoms with van der Waals surface area (Å²) in [6.45, 7) is 1.02. The third-order valence-electron chi connectivity index (χ3n) is 6.10. The van der Waals surface area contributed by atoms with Crippen molar-refractivity contribution in [2.75, 3.05) is 25.5 Å². The van der Waals surface area contributed by atoms with Crippen LogP contribution in [0.25, 0.3) is 0 Å². The highest BCUT2D eigenvalue weighted by atomic mass is 127. The summed E-state index contributed by atoms with van der Waals surface area (Å²) in [6.07, 6.45) is -2.31. The van der Waals surface area contributed by atoms with E-state index in [0.717, 1.165) is 30.2 Å². The van der Waals surface area contributed by atoms with Gasteiger partial charge in [-0.2, -0.15) is 13.2 Å². The Morgan fingerprint density at radius 3 is 2.59 bits per heavy atom. The molecule has 2 aromatic carbocycles. The van der Waals surface area contributed by atoms with E-state index in [1.54, 1.807) is 13.1 Å². The van der Waals surface area contributed by atoms with E-state index in [1.807, 2.05) is 24.3 Å². The highest BCUT2D eigenvalue weighted by Gasteiger charge is 2.45. The molecule has 0 saturated heterocycles. The Hall–Kier alpha value is -2.30. The number of hydrogen-bond donors (Lipinski definition) is 3. The molecule has 0 bridgehead atoms. The van der Waals surface area contributed by atoms with Crippen LogP contribution >= 0.6 is 24.0 Å². The molecule has 32 heavy (non-hydrogen) atoms.